The molecule has 130 valence electrons. The molecule has 0 atom stereocenters. The fraction of sp³-hybridized carbons (Fsp3) is 0. The van der Waals surface area contributed by atoms with Crippen LogP contribution in [0.4, 0.5) is 8.78 Å². The Hall–Kier alpha value is -3.46. The van der Waals surface area contributed by atoms with E-state index < -0.39 is 11.6 Å². The number of aromatic nitrogens is 1. The van der Waals surface area contributed by atoms with Crippen LogP contribution in [0.15, 0.2) is 91.0 Å². The van der Waals surface area contributed by atoms with Crippen molar-refractivity contribution in [1.29, 1.82) is 0 Å². The zero-order valence-corrected chi connectivity index (χ0v) is 14.4. The third kappa shape index (κ3) is 2.36. The van der Waals surface area contributed by atoms with Crippen LogP contribution >= 0.6 is 0 Å². The molecule has 0 aliphatic heterocycles. The zero-order chi connectivity index (χ0) is 18.4. The van der Waals surface area contributed by atoms with Gasteiger partial charge in [-0.3, -0.25) is 0 Å². The number of halogens is 2. The lowest BCUT2D eigenvalue weighted by Crippen LogP contribution is -1.99. The summed E-state index contributed by atoms with van der Waals surface area (Å²) in [6, 6.07) is 28.1. The smallest absolute Gasteiger partial charge is 0.166 e. The van der Waals surface area contributed by atoms with E-state index >= 15 is 0 Å². The summed E-state index contributed by atoms with van der Waals surface area (Å²) in [5, 5.41) is 2.25. The highest BCUT2D eigenvalue weighted by atomic mass is 19.2. The van der Waals surface area contributed by atoms with Crippen molar-refractivity contribution in [2.24, 2.45) is 0 Å². The van der Waals surface area contributed by atoms with Crippen molar-refractivity contribution in [1.82, 2.24) is 4.57 Å². The molecule has 0 saturated carbocycles. The molecule has 1 aromatic heterocycles. The highest BCUT2D eigenvalue weighted by molar-refractivity contribution is 6.09. The minimum absolute atomic E-state index is 0.257. The molecule has 3 heteroatoms. The van der Waals surface area contributed by atoms with Crippen LogP contribution in [-0.2, 0) is 0 Å². The van der Waals surface area contributed by atoms with E-state index in [2.05, 4.69) is 16.7 Å². The number of hydrogen-bond donors (Lipinski definition) is 0. The van der Waals surface area contributed by atoms with Crippen molar-refractivity contribution in [2.75, 3.05) is 0 Å². The van der Waals surface area contributed by atoms with E-state index in [4.69, 9.17) is 0 Å². The van der Waals surface area contributed by atoms with Crippen LogP contribution in [0.1, 0.15) is 0 Å². The summed E-state index contributed by atoms with van der Waals surface area (Å²) < 4.78 is 30.5. The number of para-hydroxylation sites is 3. The van der Waals surface area contributed by atoms with Crippen LogP contribution < -0.4 is 0 Å². The second-order valence-corrected chi connectivity index (χ2v) is 6.49. The summed E-state index contributed by atoms with van der Waals surface area (Å²) in [7, 11) is 0. The highest BCUT2D eigenvalue weighted by Gasteiger charge is 2.17. The van der Waals surface area contributed by atoms with Crippen molar-refractivity contribution < 1.29 is 8.78 Å². The third-order valence-electron chi connectivity index (χ3n) is 4.97. The van der Waals surface area contributed by atoms with Gasteiger partial charge in [-0.25, -0.2) is 8.78 Å². The van der Waals surface area contributed by atoms with Gasteiger partial charge in [-0.1, -0.05) is 66.7 Å². The summed E-state index contributed by atoms with van der Waals surface area (Å²) in [6.07, 6.45) is 0. The maximum absolute atomic E-state index is 14.6. The molecule has 0 bridgehead atoms. The van der Waals surface area contributed by atoms with Crippen LogP contribution in [0.2, 0.25) is 0 Å². The molecular weight excluding hydrogens is 340 g/mol. The normalized spacial score (nSPS) is 11.3. The summed E-state index contributed by atoms with van der Waals surface area (Å²) in [6.45, 7) is 0. The van der Waals surface area contributed by atoms with Gasteiger partial charge >= 0.3 is 0 Å². The molecule has 1 heterocycles. The number of nitrogens with zero attached hydrogens (tertiary/aromatic N) is 1. The van der Waals surface area contributed by atoms with E-state index in [1.54, 1.807) is 6.07 Å². The lowest BCUT2D eigenvalue weighted by atomic mass is 10.0. The maximum atomic E-state index is 14.6. The molecule has 0 saturated heterocycles. The second-order valence-electron chi connectivity index (χ2n) is 6.49. The molecule has 5 rings (SSSR count). The minimum Gasteiger partial charge on any atom is -0.309 e. The van der Waals surface area contributed by atoms with Crippen LogP contribution in [0.25, 0.3) is 38.6 Å². The maximum Gasteiger partial charge on any atom is 0.166 e. The van der Waals surface area contributed by atoms with E-state index in [0.717, 1.165) is 33.6 Å². The van der Waals surface area contributed by atoms with Gasteiger partial charge in [-0.05, 0) is 24.3 Å². The molecule has 5 aromatic rings. The van der Waals surface area contributed by atoms with E-state index in [-0.39, 0.29) is 5.56 Å². The number of fused-ring (bicyclic) bond motifs is 3. The number of benzene rings is 4. The van der Waals surface area contributed by atoms with E-state index in [1.165, 1.54) is 6.07 Å². The minimum atomic E-state index is -0.843. The van der Waals surface area contributed by atoms with Gasteiger partial charge in [0.15, 0.2) is 11.6 Å². The molecule has 0 spiro atoms. The first-order chi connectivity index (χ1) is 13.3. The van der Waals surface area contributed by atoms with Crippen LogP contribution in [-0.4, -0.2) is 4.57 Å². The fourth-order valence-electron chi connectivity index (χ4n) is 3.79. The summed E-state index contributed by atoms with van der Waals surface area (Å²) in [5.41, 5.74) is 3.79. The molecular formula is C24H15F2N. The Morgan fingerprint density at radius 2 is 1.07 bits per heavy atom. The number of hydrogen-bond acceptors (Lipinski definition) is 0. The SMILES string of the molecule is Fc1cccc(-c2ccccc2-n2c3ccccc3c3ccccc32)c1F. The van der Waals surface area contributed by atoms with Gasteiger partial charge in [0.25, 0.3) is 0 Å². The van der Waals surface area contributed by atoms with Gasteiger partial charge in [0.1, 0.15) is 0 Å². The molecule has 27 heavy (non-hydrogen) atoms. The quantitative estimate of drug-likeness (QED) is 0.331. The first-order valence-corrected chi connectivity index (χ1v) is 8.77. The molecule has 0 aliphatic carbocycles. The van der Waals surface area contributed by atoms with Crippen molar-refractivity contribution in [3.05, 3.63) is 103 Å². The zero-order valence-electron chi connectivity index (χ0n) is 14.4. The molecule has 0 radical (unpaired) electrons. The van der Waals surface area contributed by atoms with Crippen LogP contribution in [0.3, 0.4) is 0 Å². The van der Waals surface area contributed by atoms with Crippen molar-refractivity contribution in [3.8, 4) is 16.8 Å². The molecule has 0 amide bonds. The lowest BCUT2D eigenvalue weighted by Gasteiger charge is -2.14. The van der Waals surface area contributed by atoms with E-state index in [0.29, 0.717) is 5.56 Å². The Balaban J connectivity index is 1.91. The third-order valence-corrected chi connectivity index (χ3v) is 4.97. The van der Waals surface area contributed by atoms with Crippen LogP contribution in [0.5, 0.6) is 0 Å². The van der Waals surface area contributed by atoms with Gasteiger partial charge < -0.3 is 4.57 Å². The first-order valence-electron chi connectivity index (χ1n) is 8.77. The largest absolute Gasteiger partial charge is 0.309 e. The number of rotatable bonds is 2. The highest BCUT2D eigenvalue weighted by Crippen LogP contribution is 2.36. The Kier molecular flexibility index (Phi) is 3.54. The fourth-order valence-corrected chi connectivity index (χ4v) is 3.79. The molecule has 1 nitrogen and oxygen atoms in total. The van der Waals surface area contributed by atoms with Gasteiger partial charge in [0.2, 0.25) is 0 Å². The van der Waals surface area contributed by atoms with E-state index in [9.17, 15) is 8.78 Å². The molecule has 0 aliphatic rings. The Bertz CT molecular complexity index is 1250. The predicted octanol–water partition coefficient (Wildman–Crippen LogP) is 6.73. The Morgan fingerprint density at radius 1 is 0.519 bits per heavy atom. The monoisotopic (exact) mass is 355 g/mol. The average Bonchev–Trinajstić information content (AvgIpc) is 3.05. The van der Waals surface area contributed by atoms with Gasteiger partial charge in [0, 0.05) is 21.9 Å². The Labute approximate surface area is 155 Å². The van der Waals surface area contributed by atoms with Crippen molar-refractivity contribution in [3.63, 3.8) is 0 Å². The second kappa shape index (κ2) is 6.06. The predicted molar refractivity (Wildman–Crippen MR) is 106 cm³/mol. The lowest BCUT2D eigenvalue weighted by molar-refractivity contribution is 0.511. The summed E-state index contributed by atoms with van der Waals surface area (Å²) in [4.78, 5) is 0. The van der Waals surface area contributed by atoms with Crippen molar-refractivity contribution in [2.45, 2.75) is 0 Å². The average molecular weight is 355 g/mol. The Morgan fingerprint density at radius 3 is 1.78 bits per heavy atom. The van der Waals surface area contributed by atoms with Gasteiger partial charge in [-0.2, -0.15) is 0 Å². The van der Waals surface area contributed by atoms with E-state index in [1.807, 2.05) is 60.7 Å². The molecule has 0 unspecified atom stereocenters. The van der Waals surface area contributed by atoms with Crippen molar-refractivity contribution >= 4 is 21.8 Å². The van der Waals surface area contributed by atoms with Crippen LogP contribution in [0, 0.1) is 11.6 Å². The topological polar surface area (TPSA) is 4.93 Å². The first kappa shape index (κ1) is 15.8. The summed E-state index contributed by atoms with van der Waals surface area (Å²) in [5.74, 6) is -1.67. The molecule has 0 N–H and O–H groups in total. The van der Waals surface area contributed by atoms with Gasteiger partial charge in [0.05, 0.1) is 16.7 Å². The standard InChI is InChI=1S/C24H15F2N/c25-20-12-7-11-19(24(20)26)18-10-3-6-15-23(18)27-21-13-4-1-8-16(21)17-9-2-5-14-22(17)27/h1-15H. The molecule has 0 fully saturated rings. The molecule has 4 aromatic carbocycles. The van der Waals surface area contributed by atoms with Gasteiger partial charge in [-0.15, -0.1) is 0 Å². The summed E-state index contributed by atoms with van der Waals surface area (Å²) >= 11 is 0.